The lowest BCUT2D eigenvalue weighted by molar-refractivity contribution is -0.306. The maximum absolute atomic E-state index is 11.6. The second kappa shape index (κ2) is 3.08. The first-order valence-corrected chi connectivity index (χ1v) is 3.38. The molecule has 1 rings (SSSR count). The number of alkyl halides is 3. The molecule has 5 heteroatoms. The van der Waals surface area contributed by atoms with E-state index in [1.807, 2.05) is 0 Å². The highest BCUT2D eigenvalue weighted by Crippen LogP contribution is 2.25. The van der Waals surface area contributed by atoms with Crippen molar-refractivity contribution in [2.45, 2.75) is 19.2 Å². The Balaban J connectivity index is 2.55. The summed E-state index contributed by atoms with van der Waals surface area (Å²) < 4.78 is 38.6. The monoisotopic (exact) mass is 179 g/mol. The van der Waals surface area contributed by atoms with Crippen molar-refractivity contribution in [2.75, 3.05) is 0 Å². The SMILES string of the molecule is NC1=CC=C(OC(F)(F)F)CC1. The molecule has 0 bridgehead atoms. The van der Waals surface area contributed by atoms with Crippen LogP contribution in [-0.4, -0.2) is 6.36 Å². The van der Waals surface area contributed by atoms with Crippen LogP contribution in [0.2, 0.25) is 0 Å². The van der Waals surface area contributed by atoms with Crippen LogP contribution < -0.4 is 5.73 Å². The molecule has 0 saturated carbocycles. The molecule has 0 aliphatic heterocycles. The summed E-state index contributed by atoms with van der Waals surface area (Å²) in [7, 11) is 0. The molecule has 0 fully saturated rings. The number of ether oxygens (including phenoxy) is 1. The summed E-state index contributed by atoms with van der Waals surface area (Å²) in [5, 5.41) is 0. The maximum Gasteiger partial charge on any atom is 0.572 e. The first-order chi connectivity index (χ1) is 5.47. The minimum absolute atomic E-state index is 0.0864. The molecule has 2 N–H and O–H groups in total. The van der Waals surface area contributed by atoms with Crippen molar-refractivity contribution in [3.63, 3.8) is 0 Å². The largest absolute Gasteiger partial charge is 0.572 e. The number of allylic oxidation sites excluding steroid dienone is 4. The van der Waals surface area contributed by atoms with Gasteiger partial charge in [-0.2, -0.15) is 0 Å². The fraction of sp³-hybridized carbons (Fsp3) is 0.429. The highest BCUT2D eigenvalue weighted by atomic mass is 19.4. The molecular formula is C7H8F3NO. The predicted octanol–water partition coefficient (Wildman–Crippen LogP) is 2.04. The Morgan fingerprint density at radius 1 is 1.25 bits per heavy atom. The third kappa shape index (κ3) is 2.86. The second-order valence-corrected chi connectivity index (χ2v) is 2.42. The van der Waals surface area contributed by atoms with Gasteiger partial charge in [-0.25, -0.2) is 0 Å². The summed E-state index contributed by atoms with van der Waals surface area (Å²) in [6.07, 6.45) is -1.30. The van der Waals surface area contributed by atoms with Gasteiger partial charge in [-0.3, -0.25) is 0 Å². The number of hydrogen-bond acceptors (Lipinski definition) is 2. The summed E-state index contributed by atoms with van der Waals surface area (Å²) in [5.41, 5.74) is 5.91. The number of nitrogens with two attached hydrogens (primary N) is 1. The minimum atomic E-state index is -4.59. The average molecular weight is 179 g/mol. The van der Waals surface area contributed by atoms with Gasteiger partial charge >= 0.3 is 6.36 Å². The fourth-order valence-electron chi connectivity index (χ4n) is 0.868. The first-order valence-electron chi connectivity index (χ1n) is 3.38. The molecule has 1 aliphatic carbocycles. The van der Waals surface area contributed by atoms with Crippen LogP contribution in [0.4, 0.5) is 13.2 Å². The van der Waals surface area contributed by atoms with E-state index in [0.29, 0.717) is 12.1 Å². The normalized spacial score (nSPS) is 18.2. The molecule has 68 valence electrons. The van der Waals surface area contributed by atoms with Crippen molar-refractivity contribution >= 4 is 0 Å². The molecule has 2 nitrogen and oxygen atoms in total. The summed E-state index contributed by atoms with van der Waals surface area (Å²) in [4.78, 5) is 0. The number of halogens is 3. The first kappa shape index (κ1) is 8.96. The number of rotatable bonds is 1. The van der Waals surface area contributed by atoms with Crippen molar-refractivity contribution in [1.29, 1.82) is 0 Å². The standard InChI is InChI=1S/C7H8F3NO/c8-7(9,10)12-6-3-1-5(11)2-4-6/h1,3H,2,4,11H2. The molecule has 0 saturated heterocycles. The Morgan fingerprint density at radius 2 is 1.92 bits per heavy atom. The van der Waals surface area contributed by atoms with Gasteiger partial charge in [0.05, 0.1) is 0 Å². The Bertz CT molecular complexity index is 229. The number of hydrogen-bond donors (Lipinski definition) is 1. The van der Waals surface area contributed by atoms with Crippen molar-refractivity contribution in [3.8, 4) is 0 Å². The smallest absolute Gasteiger partial charge is 0.410 e. The van der Waals surface area contributed by atoms with Gasteiger partial charge in [0.25, 0.3) is 0 Å². The third-order valence-corrected chi connectivity index (χ3v) is 1.39. The van der Waals surface area contributed by atoms with E-state index in [1.54, 1.807) is 0 Å². The van der Waals surface area contributed by atoms with Crippen molar-refractivity contribution in [1.82, 2.24) is 0 Å². The summed E-state index contributed by atoms with van der Waals surface area (Å²) in [6.45, 7) is 0. The van der Waals surface area contributed by atoms with Crippen LogP contribution in [0.25, 0.3) is 0 Å². The van der Waals surface area contributed by atoms with Gasteiger partial charge in [-0.1, -0.05) is 0 Å². The van der Waals surface area contributed by atoms with Crippen LogP contribution in [0.5, 0.6) is 0 Å². The lowest BCUT2D eigenvalue weighted by Gasteiger charge is -2.14. The molecule has 0 amide bonds. The Labute approximate surface area is 67.5 Å². The highest BCUT2D eigenvalue weighted by Gasteiger charge is 2.32. The third-order valence-electron chi connectivity index (χ3n) is 1.39. The zero-order valence-corrected chi connectivity index (χ0v) is 6.19. The topological polar surface area (TPSA) is 35.2 Å². The van der Waals surface area contributed by atoms with E-state index in [0.717, 1.165) is 0 Å². The van der Waals surface area contributed by atoms with E-state index in [2.05, 4.69) is 4.74 Å². The Kier molecular flexibility index (Phi) is 2.30. The van der Waals surface area contributed by atoms with E-state index >= 15 is 0 Å². The van der Waals surface area contributed by atoms with Gasteiger partial charge in [-0.15, -0.1) is 13.2 Å². The van der Waals surface area contributed by atoms with Crippen molar-refractivity contribution in [3.05, 3.63) is 23.6 Å². The zero-order chi connectivity index (χ0) is 9.19. The summed E-state index contributed by atoms with van der Waals surface area (Å²) >= 11 is 0. The summed E-state index contributed by atoms with van der Waals surface area (Å²) in [5.74, 6) is -0.0864. The quantitative estimate of drug-likeness (QED) is 0.668. The molecule has 0 heterocycles. The molecule has 0 radical (unpaired) electrons. The van der Waals surface area contributed by atoms with Gasteiger partial charge < -0.3 is 10.5 Å². The molecule has 0 aromatic heterocycles. The minimum Gasteiger partial charge on any atom is -0.410 e. The fourth-order valence-corrected chi connectivity index (χ4v) is 0.868. The molecule has 0 aromatic rings. The van der Waals surface area contributed by atoms with Gasteiger partial charge in [0.1, 0.15) is 5.76 Å². The lowest BCUT2D eigenvalue weighted by atomic mass is 10.1. The van der Waals surface area contributed by atoms with Crippen LogP contribution in [-0.2, 0) is 4.74 Å². The highest BCUT2D eigenvalue weighted by molar-refractivity contribution is 5.18. The summed E-state index contributed by atoms with van der Waals surface area (Å²) in [6, 6.07) is 0. The second-order valence-electron chi connectivity index (χ2n) is 2.42. The van der Waals surface area contributed by atoms with E-state index in [1.165, 1.54) is 12.2 Å². The van der Waals surface area contributed by atoms with E-state index < -0.39 is 6.36 Å². The van der Waals surface area contributed by atoms with Crippen molar-refractivity contribution < 1.29 is 17.9 Å². The van der Waals surface area contributed by atoms with E-state index in [-0.39, 0.29) is 12.2 Å². The molecule has 1 aliphatic rings. The van der Waals surface area contributed by atoms with Crippen LogP contribution in [0.1, 0.15) is 12.8 Å². The molecule has 12 heavy (non-hydrogen) atoms. The average Bonchev–Trinajstić information content (AvgIpc) is 1.91. The van der Waals surface area contributed by atoms with Gasteiger partial charge in [0.15, 0.2) is 0 Å². The Morgan fingerprint density at radius 3 is 2.33 bits per heavy atom. The van der Waals surface area contributed by atoms with E-state index in [9.17, 15) is 13.2 Å². The maximum atomic E-state index is 11.6. The van der Waals surface area contributed by atoms with Gasteiger partial charge in [0.2, 0.25) is 0 Å². The predicted molar refractivity (Wildman–Crippen MR) is 36.7 cm³/mol. The van der Waals surface area contributed by atoms with Crippen molar-refractivity contribution in [2.24, 2.45) is 5.73 Å². The molecular weight excluding hydrogens is 171 g/mol. The van der Waals surface area contributed by atoms with Crippen LogP contribution in [0.3, 0.4) is 0 Å². The molecule has 0 spiro atoms. The Hall–Kier alpha value is -1.13. The lowest BCUT2D eigenvalue weighted by Crippen LogP contribution is -2.14. The molecule has 0 atom stereocenters. The van der Waals surface area contributed by atoms with Gasteiger partial charge in [-0.05, 0) is 18.6 Å². The van der Waals surface area contributed by atoms with Crippen LogP contribution >= 0.6 is 0 Å². The zero-order valence-electron chi connectivity index (χ0n) is 6.19. The van der Waals surface area contributed by atoms with Crippen LogP contribution in [0.15, 0.2) is 23.6 Å². The van der Waals surface area contributed by atoms with Crippen LogP contribution in [0, 0.1) is 0 Å². The van der Waals surface area contributed by atoms with Gasteiger partial charge in [0, 0.05) is 12.1 Å². The molecule has 0 aromatic carbocycles. The van der Waals surface area contributed by atoms with E-state index in [4.69, 9.17) is 5.73 Å². The molecule has 0 unspecified atom stereocenters.